The Morgan fingerprint density at radius 3 is 2.55 bits per heavy atom. The molecule has 3 rings (SSSR count). The van der Waals surface area contributed by atoms with Crippen molar-refractivity contribution in [1.82, 2.24) is 0 Å². The molecule has 0 radical (unpaired) electrons. The topological polar surface area (TPSA) is 66.8 Å². The molecule has 3 aliphatic carbocycles. The molecule has 0 aliphatic heterocycles. The number of hydrogen-bond acceptors (Lipinski definition) is 4. The molecule has 0 spiro atoms. The Balaban J connectivity index is 1.63. The number of allylic oxidation sites excluding steroid dienone is 3. The lowest BCUT2D eigenvalue weighted by molar-refractivity contribution is -0.154. The highest BCUT2D eigenvalue weighted by atomic mass is 16.6. The summed E-state index contributed by atoms with van der Waals surface area (Å²) in [5.74, 6) is 1.84. The van der Waals surface area contributed by atoms with E-state index in [2.05, 4.69) is 32.6 Å². The third-order valence-electron chi connectivity index (χ3n) is 8.88. The minimum atomic E-state index is -0.627. The molecule has 0 bridgehead atoms. The van der Waals surface area contributed by atoms with Crippen LogP contribution in [0.25, 0.3) is 0 Å². The van der Waals surface area contributed by atoms with Crippen LogP contribution in [0.2, 0.25) is 0 Å². The highest BCUT2D eigenvalue weighted by Gasteiger charge is 2.50. The van der Waals surface area contributed by atoms with Gasteiger partial charge in [-0.2, -0.15) is 0 Å². The molecule has 4 nitrogen and oxygen atoms in total. The first kappa shape index (κ1) is 26.2. The highest BCUT2D eigenvalue weighted by Crippen LogP contribution is 2.60. The van der Waals surface area contributed by atoms with Crippen molar-refractivity contribution in [3.8, 4) is 0 Å². The molecule has 0 amide bonds. The number of carbonyl (C=O) groups excluding carboxylic acids is 1. The number of hydrogen-bond donors (Lipinski definition) is 2. The molecule has 4 heteroatoms. The molecule has 186 valence electrons. The van der Waals surface area contributed by atoms with Crippen molar-refractivity contribution >= 4 is 5.97 Å². The van der Waals surface area contributed by atoms with Crippen molar-refractivity contribution in [2.24, 2.45) is 23.2 Å². The van der Waals surface area contributed by atoms with Crippen LogP contribution in [0.1, 0.15) is 98.8 Å². The first-order valence-corrected chi connectivity index (χ1v) is 13.1. The van der Waals surface area contributed by atoms with Crippen LogP contribution >= 0.6 is 0 Å². The molecule has 0 aromatic heterocycles. The third-order valence-corrected chi connectivity index (χ3v) is 8.88. The Morgan fingerprint density at radius 2 is 1.91 bits per heavy atom. The smallest absolute Gasteiger partial charge is 0.303 e. The van der Waals surface area contributed by atoms with E-state index < -0.39 is 12.2 Å². The summed E-state index contributed by atoms with van der Waals surface area (Å²) in [5.41, 5.74) is 3.21. The van der Waals surface area contributed by atoms with E-state index in [9.17, 15) is 15.0 Å². The van der Waals surface area contributed by atoms with E-state index >= 15 is 0 Å². The molecule has 0 aromatic rings. The number of aliphatic hydroxyl groups is 2. The van der Waals surface area contributed by atoms with E-state index in [0.717, 1.165) is 24.3 Å². The Kier molecular flexibility index (Phi) is 8.32. The van der Waals surface area contributed by atoms with E-state index in [1.807, 2.05) is 13.8 Å². The second-order valence-corrected chi connectivity index (χ2v) is 11.9. The number of fused-ring (bicyclic) bond motifs is 1. The summed E-state index contributed by atoms with van der Waals surface area (Å²) in [7, 11) is 0. The maximum absolute atomic E-state index is 11.3. The van der Waals surface area contributed by atoms with Gasteiger partial charge in [-0.15, -0.1) is 0 Å². The van der Waals surface area contributed by atoms with Gasteiger partial charge >= 0.3 is 5.97 Å². The average Bonchev–Trinajstić information content (AvgIpc) is 3.06. The van der Waals surface area contributed by atoms with Crippen LogP contribution in [0.5, 0.6) is 0 Å². The van der Waals surface area contributed by atoms with Crippen LogP contribution in [-0.4, -0.2) is 34.0 Å². The number of carbonyl (C=O) groups is 1. The second kappa shape index (κ2) is 10.5. The fraction of sp³-hybridized carbons (Fsp3) is 0.759. The van der Waals surface area contributed by atoms with Crippen LogP contribution in [0, 0.1) is 23.2 Å². The van der Waals surface area contributed by atoms with Gasteiger partial charge in [0, 0.05) is 6.92 Å². The zero-order valence-electron chi connectivity index (χ0n) is 21.5. The molecule has 6 atom stereocenters. The van der Waals surface area contributed by atoms with Gasteiger partial charge in [0.15, 0.2) is 0 Å². The summed E-state index contributed by atoms with van der Waals surface area (Å²) in [6.07, 6.45) is 13.9. The fourth-order valence-electron chi connectivity index (χ4n) is 7.13. The van der Waals surface area contributed by atoms with Crippen molar-refractivity contribution in [3.05, 3.63) is 35.5 Å². The predicted molar refractivity (Wildman–Crippen MR) is 134 cm³/mol. The number of esters is 1. The molecule has 0 heterocycles. The molecule has 2 unspecified atom stereocenters. The summed E-state index contributed by atoms with van der Waals surface area (Å²) in [6, 6.07) is 0. The average molecular weight is 459 g/mol. The van der Waals surface area contributed by atoms with Crippen LogP contribution in [0.3, 0.4) is 0 Å². The van der Waals surface area contributed by atoms with E-state index in [1.165, 1.54) is 45.4 Å². The van der Waals surface area contributed by atoms with E-state index in [0.29, 0.717) is 35.7 Å². The number of rotatable bonds is 7. The Bertz CT molecular complexity index is 775. The molecule has 3 aliphatic rings. The normalized spacial score (nSPS) is 34.8. The zero-order chi connectivity index (χ0) is 24.4. The summed E-state index contributed by atoms with van der Waals surface area (Å²) in [6.45, 7) is 14.3. The molecule has 0 aromatic carbocycles. The molecule has 33 heavy (non-hydrogen) atoms. The quantitative estimate of drug-likeness (QED) is 0.348. The standard InChI is InChI=1S/C29H46O4/c1-19(9-7-15-28(4,5)33-21(3)30)24-13-14-25-23(10-8-16-29(24,25)6)12-11-22-17-26(31)20(2)27(32)18-22/h11-12,19,24-27,31-32H,2,7-10,13-18H2,1,3-6H3/b23-12+/t19-,24?,25?,26+,27+,29+/m0/s1. The summed E-state index contributed by atoms with van der Waals surface area (Å²) >= 11 is 0. The Labute approximate surface area is 201 Å². The maximum Gasteiger partial charge on any atom is 0.303 e. The summed E-state index contributed by atoms with van der Waals surface area (Å²) in [4.78, 5) is 11.3. The van der Waals surface area contributed by atoms with Crippen molar-refractivity contribution in [2.75, 3.05) is 0 Å². The molecular formula is C29H46O4. The van der Waals surface area contributed by atoms with E-state index in [1.54, 1.807) is 5.57 Å². The van der Waals surface area contributed by atoms with Gasteiger partial charge < -0.3 is 14.9 Å². The highest BCUT2D eigenvalue weighted by molar-refractivity contribution is 5.66. The van der Waals surface area contributed by atoms with Crippen molar-refractivity contribution < 1.29 is 19.7 Å². The van der Waals surface area contributed by atoms with E-state index in [4.69, 9.17) is 4.74 Å². The predicted octanol–water partition coefficient (Wildman–Crippen LogP) is 6.28. The third kappa shape index (κ3) is 6.19. The van der Waals surface area contributed by atoms with Gasteiger partial charge in [0.25, 0.3) is 0 Å². The zero-order valence-corrected chi connectivity index (χ0v) is 21.5. The van der Waals surface area contributed by atoms with Gasteiger partial charge in [0.1, 0.15) is 5.60 Å². The van der Waals surface area contributed by atoms with Crippen molar-refractivity contribution in [2.45, 2.75) is 117 Å². The first-order valence-electron chi connectivity index (χ1n) is 13.1. The SMILES string of the molecule is C=C1[C@H](O)CC(=C/C=C2\CCC[C@@]3(C)C2CCC3[C@@H](C)CCCC(C)(C)OC(C)=O)C[C@H]1O. The largest absolute Gasteiger partial charge is 0.460 e. The minimum absolute atomic E-state index is 0.196. The second-order valence-electron chi connectivity index (χ2n) is 11.9. The lowest BCUT2D eigenvalue weighted by atomic mass is 9.60. The van der Waals surface area contributed by atoms with Crippen LogP contribution in [-0.2, 0) is 9.53 Å². The lowest BCUT2D eigenvalue weighted by Crippen LogP contribution is -2.36. The molecule has 0 saturated heterocycles. The summed E-state index contributed by atoms with van der Waals surface area (Å²) in [5, 5.41) is 20.3. The van der Waals surface area contributed by atoms with Crippen LogP contribution < -0.4 is 0 Å². The first-order chi connectivity index (χ1) is 15.4. The van der Waals surface area contributed by atoms with Crippen molar-refractivity contribution in [1.29, 1.82) is 0 Å². The van der Waals surface area contributed by atoms with Crippen LogP contribution in [0.4, 0.5) is 0 Å². The van der Waals surface area contributed by atoms with Gasteiger partial charge in [-0.25, -0.2) is 0 Å². The van der Waals surface area contributed by atoms with E-state index in [-0.39, 0.29) is 11.6 Å². The van der Waals surface area contributed by atoms with Crippen LogP contribution in [0.15, 0.2) is 35.5 Å². The Morgan fingerprint density at radius 1 is 1.24 bits per heavy atom. The number of ether oxygens (including phenoxy) is 1. The molecule has 2 N–H and O–H groups in total. The fourth-order valence-corrected chi connectivity index (χ4v) is 7.13. The van der Waals surface area contributed by atoms with Gasteiger partial charge in [0.05, 0.1) is 12.2 Å². The van der Waals surface area contributed by atoms with Gasteiger partial charge in [-0.3, -0.25) is 4.79 Å². The maximum atomic E-state index is 11.3. The van der Waals surface area contributed by atoms with Gasteiger partial charge in [-0.05, 0) is 100 Å². The minimum Gasteiger partial charge on any atom is -0.460 e. The number of aliphatic hydroxyl groups excluding tert-OH is 2. The summed E-state index contributed by atoms with van der Waals surface area (Å²) < 4.78 is 5.47. The van der Waals surface area contributed by atoms with Gasteiger partial charge in [-0.1, -0.05) is 50.1 Å². The monoisotopic (exact) mass is 458 g/mol. The van der Waals surface area contributed by atoms with Crippen molar-refractivity contribution in [3.63, 3.8) is 0 Å². The lowest BCUT2D eigenvalue weighted by Gasteiger charge is -2.44. The molecule has 3 saturated carbocycles. The van der Waals surface area contributed by atoms with Gasteiger partial charge in [0.2, 0.25) is 0 Å². The molecular weight excluding hydrogens is 412 g/mol. The Hall–Kier alpha value is -1.39. The molecule has 3 fully saturated rings.